The van der Waals surface area contributed by atoms with E-state index in [1.54, 1.807) is 43.5 Å². The van der Waals surface area contributed by atoms with Gasteiger partial charge in [0.25, 0.3) is 11.8 Å². The SMILES string of the molecule is CCCNC(=O)[C@@H]1CN(C(=O)COc2ccccc2OC)c2ccccc2O1. The summed E-state index contributed by atoms with van der Waals surface area (Å²) in [5.74, 6) is 1.03. The van der Waals surface area contributed by atoms with E-state index < -0.39 is 6.10 Å². The number of para-hydroxylation sites is 4. The predicted octanol–water partition coefficient (Wildman–Crippen LogP) is 2.39. The van der Waals surface area contributed by atoms with Gasteiger partial charge in [0.1, 0.15) is 5.75 Å². The summed E-state index contributed by atoms with van der Waals surface area (Å²) >= 11 is 0. The summed E-state index contributed by atoms with van der Waals surface area (Å²) in [4.78, 5) is 26.8. The first-order chi connectivity index (χ1) is 13.6. The van der Waals surface area contributed by atoms with E-state index in [4.69, 9.17) is 14.2 Å². The molecule has 0 bridgehead atoms. The van der Waals surface area contributed by atoms with Gasteiger partial charge in [-0.1, -0.05) is 31.2 Å². The lowest BCUT2D eigenvalue weighted by Crippen LogP contribution is -2.51. The minimum Gasteiger partial charge on any atom is -0.493 e. The number of amides is 2. The quantitative estimate of drug-likeness (QED) is 0.793. The van der Waals surface area contributed by atoms with Crippen LogP contribution in [-0.2, 0) is 9.59 Å². The summed E-state index contributed by atoms with van der Waals surface area (Å²) in [6.07, 6.45) is 0.0569. The molecule has 1 aliphatic heterocycles. The molecule has 0 saturated carbocycles. The minimum absolute atomic E-state index is 0.126. The zero-order chi connectivity index (χ0) is 19.9. The monoisotopic (exact) mass is 384 g/mol. The number of carbonyl (C=O) groups excluding carboxylic acids is 2. The molecule has 7 heteroatoms. The standard InChI is InChI=1S/C21H24N2O5/c1-3-12-22-21(25)19-13-23(15-8-4-5-9-16(15)28-19)20(24)14-27-18-11-7-6-10-17(18)26-2/h4-11,19H,3,12-14H2,1-2H3,(H,22,25)/t19-/m0/s1. The van der Waals surface area contributed by atoms with Crippen LogP contribution in [0.15, 0.2) is 48.5 Å². The maximum absolute atomic E-state index is 12.9. The highest BCUT2D eigenvalue weighted by molar-refractivity contribution is 5.98. The van der Waals surface area contributed by atoms with Gasteiger partial charge >= 0.3 is 0 Å². The van der Waals surface area contributed by atoms with Crippen LogP contribution in [0.1, 0.15) is 13.3 Å². The van der Waals surface area contributed by atoms with Gasteiger partial charge in [0.2, 0.25) is 0 Å². The fraction of sp³-hybridized carbons (Fsp3) is 0.333. The molecule has 1 aliphatic rings. The number of hydrogen-bond donors (Lipinski definition) is 1. The first-order valence-corrected chi connectivity index (χ1v) is 9.23. The number of ether oxygens (including phenoxy) is 3. The number of fused-ring (bicyclic) bond motifs is 1. The summed E-state index contributed by atoms with van der Waals surface area (Å²) < 4.78 is 16.7. The topological polar surface area (TPSA) is 77.1 Å². The van der Waals surface area contributed by atoms with Gasteiger partial charge in [-0.05, 0) is 30.7 Å². The Morgan fingerprint density at radius 1 is 1.14 bits per heavy atom. The third-order valence-corrected chi connectivity index (χ3v) is 4.34. The van der Waals surface area contributed by atoms with Gasteiger partial charge in [-0.2, -0.15) is 0 Å². The maximum Gasteiger partial charge on any atom is 0.265 e. The fourth-order valence-electron chi connectivity index (χ4n) is 2.92. The van der Waals surface area contributed by atoms with Gasteiger partial charge < -0.3 is 24.4 Å². The number of carbonyl (C=O) groups is 2. The number of methoxy groups -OCH3 is 1. The molecule has 0 fully saturated rings. The molecule has 1 heterocycles. The van der Waals surface area contributed by atoms with Crippen molar-refractivity contribution in [2.75, 3.05) is 31.7 Å². The Bertz CT molecular complexity index is 839. The van der Waals surface area contributed by atoms with Crippen LogP contribution in [0.2, 0.25) is 0 Å². The third-order valence-electron chi connectivity index (χ3n) is 4.34. The van der Waals surface area contributed by atoms with E-state index in [1.165, 1.54) is 4.90 Å². The van der Waals surface area contributed by atoms with Crippen molar-refractivity contribution in [3.8, 4) is 17.2 Å². The molecule has 7 nitrogen and oxygen atoms in total. The molecule has 3 rings (SSSR count). The molecule has 0 radical (unpaired) electrons. The van der Waals surface area contributed by atoms with E-state index in [0.717, 1.165) is 6.42 Å². The number of nitrogens with one attached hydrogen (secondary N) is 1. The largest absolute Gasteiger partial charge is 0.493 e. The summed E-state index contributed by atoms with van der Waals surface area (Å²) in [6, 6.07) is 14.3. The molecular formula is C21H24N2O5. The van der Waals surface area contributed by atoms with Crippen LogP contribution in [0.25, 0.3) is 0 Å². The number of anilines is 1. The van der Waals surface area contributed by atoms with Crippen LogP contribution >= 0.6 is 0 Å². The summed E-state index contributed by atoms with van der Waals surface area (Å²) in [6.45, 7) is 2.48. The Hall–Kier alpha value is -3.22. The van der Waals surface area contributed by atoms with Gasteiger partial charge in [-0.15, -0.1) is 0 Å². The highest BCUT2D eigenvalue weighted by Crippen LogP contribution is 2.33. The first-order valence-electron chi connectivity index (χ1n) is 9.23. The maximum atomic E-state index is 12.9. The summed E-state index contributed by atoms with van der Waals surface area (Å²) in [5, 5.41) is 2.82. The third kappa shape index (κ3) is 4.36. The molecule has 2 amide bonds. The van der Waals surface area contributed by atoms with E-state index >= 15 is 0 Å². The summed E-state index contributed by atoms with van der Waals surface area (Å²) in [7, 11) is 1.54. The van der Waals surface area contributed by atoms with E-state index in [0.29, 0.717) is 29.5 Å². The highest BCUT2D eigenvalue weighted by Gasteiger charge is 2.33. The van der Waals surface area contributed by atoms with Crippen LogP contribution in [0.3, 0.4) is 0 Å². The lowest BCUT2D eigenvalue weighted by molar-refractivity contribution is -0.128. The number of benzene rings is 2. The van der Waals surface area contributed by atoms with E-state index in [-0.39, 0.29) is 25.0 Å². The Labute approximate surface area is 164 Å². The molecule has 1 atom stereocenters. The molecule has 2 aromatic rings. The van der Waals surface area contributed by atoms with Crippen LogP contribution in [0.4, 0.5) is 5.69 Å². The lowest BCUT2D eigenvalue weighted by atomic mass is 10.1. The van der Waals surface area contributed by atoms with Crippen LogP contribution in [0, 0.1) is 0 Å². The fourth-order valence-corrected chi connectivity index (χ4v) is 2.92. The van der Waals surface area contributed by atoms with Crippen molar-refractivity contribution < 1.29 is 23.8 Å². The van der Waals surface area contributed by atoms with Crippen molar-refractivity contribution >= 4 is 17.5 Å². The molecular weight excluding hydrogens is 360 g/mol. The molecule has 0 saturated heterocycles. The second kappa shape index (κ2) is 9.12. The van der Waals surface area contributed by atoms with Crippen molar-refractivity contribution in [2.24, 2.45) is 0 Å². The number of rotatable bonds is 7. The average Bonchev–Trinajstić information content (AvgIpc) is 2.75. The van der Waals surface area contributed by atoms with E-state index in [2.05, 4.69) is 5.32 Å². The van der Waals surface area contributed by atoms with Gasteiger partial charge in [0, 0.05) is 6.54 Å². The van der Waals surface area contributed by atoms with Crippen LogP contribution in [-0.4, -0.2) is 44.7 Å². The first kappa shape index (κ1) is 19.5. The molecule has 1 N–H and O–H groups in total. The van der Waals surface area contributed by atoms with Crippen molar-refractivity contribution in [1.82, 2.24) is 5.32 Å². The molecule has 28 heavy (non-hydrogen) atoms. The second-order valence-corrected chi connectivity index (χ2v) is 6.31. The molecule has 148 valence electrons. The Morgan fingerprint density at radius 2 is 1.86 bits per heavy atom. The average molecular weight is 384 g/mol. The van der Waals surface area contributed by atoms with Gasteiger partial charge in [-0.3, -0.25) is 9.59 Å². The van der Waals surface area contributed by atoms with E-state index in [9.17, 15) is 9.59 Å². The van der Waals surface area contributed by atoms with Crippen molar-refractivity contribution in [3.05, 3.63) is 48.5 Å². The van der Waals surface area contributed by atoms with E-state index in [1.807, 2.05) is 19.1 Å². The molecule has 2 aromatic carbocycles. The number of nitrogens with zero attached hydrogens (tertiary/aromatic N) is 1. The van der Waals surface area contributed by atoms with Gasteiger partial charge in [0.15, 0.2) is 24.2 Å². The normalized spacial score (nSPS) is 15.2. The van der Waals surface area contributed by atoms with Crippen LogP contribution < -0.4 is 24.4 Å². The lowest BCUT2D eigenvalue weighted by Gasteiger charge is -2.34. The Morgan fingerprint density at radius 3 is 2.61 bits per heavy atom. The van der Waals surface area contributed by atoms with Crippen molar-refractivity contribution in [3.63, 3.8) is 0 Å². The van der Waals surface area contributed by atoms with Gasteiger partial charge in [-0.25, -0.2) is 0 Å². The smallest absolute Gasteiger partial charge is 0.265 e. The summed E-state index contributed by atoms with van der Waals surface area (Å²) in [5.41, 5.74) is 0.621. The zero-order valence-electron chi connectivity index (χ0n) is 16.0. The molecule has 0 unspecified atom stereocenters. The number of hydrogen-bond acceptors (Lipinski definition) is 5. The van der Waals surface area contributed by atoms with Crippen LogP contribution in [0.5, 0.6) is 17.2 Å². The molecule has 0 aromatic heterocycles. The second-order valence-electron chi connectivity index (χ2n) is 6.31. The van der Waals surface area contributed by atoms with Crippen molar-refractivity contribution in [1.29, 1.82) is 0 Å². The molecule has 0 aliphatic carbocycles. The Balaban J connectivity index is 1.74. The van der Waals surface area contributed by atoms with Gasteiger partial charge in [0.05, 0.1) is 19.3 Å². The minimum atomic E-state index is -0.767. The Kier molecular flexibility index (Phi) is 6.37. The highest BCUT2D eigenvalue weighted by atomic mass is 16.5. The van der Waals surface area contributed by atoms with Crippen molar-refractivity contribution in [2.45, 2.75) is 19.4 Å². The predicted molar refractivity (Wildman–Crippen MR) is 105 cm³/mol. The zero-order valence-corrected chi connectivity index (χ0v) is 16.0. The molecule has 0 spiro atoms.